The zero-order valence-electron chi connectivity index (χ0n) is 12.5. The molecule has 1 saturated carbocycles. The van der Waals surface area contributed by atoms with Crippen molar-refractivity contribution < 1.29 is 4.74 Å². The van der Waals surface area contributed by atoms with Crippen LogP contribution in [0.3, 0.4) is 0 Å². The van der Waals surface area contributed by atoms with Crippen molar-refractivity contribution in [1.29, 1.82) is 0 Å². The summed E-state index contributed by atoms with van der Waals surface area (Å²) < 4.78 is 5.81. The monoisotopic (exact) mass is 254 g/mol. The van der Waals surface area contributed by atoms with E-state index in [0.29, 0.717) is 23.8 Å². The summed E-state index contributed by atoms with van der Waals surface area (Å²) in [5.74, 6) is 0. The number of nitrogens with one attached hydrogen (secondary N) is 1. The third-order valence-electron chi connectivity index (χ3n) is 4.90. The first kappa shape index (κ1) is 14.3. The van der Waals surface area contributed by atoms with Gasteiger partial charge in [-0.2, -0.15) is 0 Å². The SMILES string of the molecule is CC1CC(NCC2(N(C)C)CCCC2)CC(C)O1. The average Bonchev–Trinajstić information content (AvgIpc) is 2.75. The largest absolute Gasteiger partial charge is 0.375 e. The average molecular weight is 254 g/mol. The molecule has 1 N–H and O–H groups in total. The molecule has 3 heteroatoms. The molecule has 1 heterocycles. The van der Waals surface area contributed by atoms with Crippen LogP contribution >= 0.6 is 0 Å². The van der Waals surface area contributed by atoms with E-state index in [1.54, 1.807) is 0 Å². The lowest BCUT2D eigenvalue weighted by Crippen LogP contribution is -2.53. The summed E-state index contributed by atoms with van der Waals surface area (Å²) >= 11 is 0. The number of rotatable bonds is 4. The lowest BCUT2D eigenvalue weighted by atomic mass is 9.93. The van der Waals surface area contributed by atoms with Crippen molar-refractivity contribution in [2.24, 2.45) is 0 Å². The minimum atomic E-state index is 0.408. The van der Waals surface area contributed by atoms with Gasteiger partial charge in [-0.25, -0.2) is 0 Å². The molecule has 18 heavy (non-hydrogen) atoms. The smallest absolute Gasteiger partial charge is 0.0565 e. The van der Waals surface area contributed by atoms with Gasteiger partial charge in [0.1, 0.15) is 0 Å². The molecule has 0 bridgehead atoms. The third kappa shape index (κ3) is 3.25. The molecule has 0 amide bonds. The van der Waals surface area contributed by atoms with Crippen LogP contribution in [0.25, 0.3) is 0 Å². The number of hydrogen-bond donors (Lipinski definition) is 1. The van der Waals surface area contributed by atoms with Crippen LogP contribution in [-0.2, 0) is 4.74 Å². The lowest BCUT2D eigenvalue weighted by molar-refractivity contribution is -0.0437. The molecule has 0 radical (unpaired) electrons. The fraction of sp³-hybridized carbons (Fsp3) is 1.00. The number of ether oxygens (including phenoxy) is 1. The molecule has 2 atom stereocenters. The minimum Gasteiger partial charge on any atom is -0.375 e. The maximum atomic E-state index is 5.81. The van der Waals surface area contributed by atoms with Gasteiger partial charge in [-0.05, 0) is 53.6 Å². The van der Waals surface area contributed by atoms with Gasteiger partial charge in [0.05, 0.1) is 12.2 Å². The Hall–Kier alpha value is -0.120. The molecular weight excluding hydrogens is 224 g/mol. The molecule has 0 aromatic rings. The number of hydrogen-bond acceptors (Lipinski definition) is 3. The molecule has 0 spiro atoms. The normalized spacial score (nSPS) is 36.2. The van der Waals surface area contributed by atoms with Gasteiger partial charge in [0.2, 0.25) is 0 Å². The van der Waals surface area contributed by atoms with Crippen LogP contribution in [0, 0.1) is 0 Å². The molecule has 1 saturated heterocycles. The summed E-state index contributed by atoms with van der Waals surface area (Å²) in [4.78, 5) is 2.44. The Balaban J connectivity index is 1.86. The van der Waals surface area contributed by atoms with Crippen molar-refractivity contribution in [3.05, 3.63) is 0 Å². The first-order valence-electron chi connectivity index (χ1n) is 7.58. The second-order valence-corrected chi connectivity index (χ2v) is 6.63. The van der Waals surface area contributed by atoms with E-state index in [-0.39, 0.29) is 0 Å². The first-order valence-corrected chi connectivity index (χ1v) is 7.58. The Bertz CT molecular complexity index is 251. The third-order valence-corrected chi connectivity index (χ3v) is 4.90. The summed E-state index contributed by atoms with van der Waals surface area (Å²) in [7, 11) is 4.48. The fourth-order valence-electron chi connectivity index (χ4n) is 3.72. The van der Waals surface area contributed by atoms with E-state index in [1.807, 2.05) is 0 Å². The van der Waals surface area contributed by atoms with Crippen LogP contribution in [0.4, 0.5) is 0 Å². The Morgan fingerprint density at radius 1 is 1.11 bits per heavy atom. The van der Waals surface area contributed by atoms with Gasteiger partial charge in [0.15, 0.2) is 0 Å². The van der Waals surface area contributed by atoms with E-state index < -0.39 is 0 Å². The highest BCUT2D eigenvalue weighted by atomic mass is 16.5. The highest BCUT2D eigenvalue weighted by molar-refractivity contribution is 4.95. The quantitative estimate of drug-likeness (QED) is 0.834. The molecule has 0 aromatic heterocycles. The van der Waals surface area contributed by atoms with Gasteiger partial charge >= 0.3 is 0 Å². The van der Waals surface area contributed by atoms with Crippen molar-refractivity contribution in [3.8, 4) is 0 Å². The second kappa shape index (κ2) is 5.89. The van der Waals surface area contributed by atoms with Crippen LogP contribution in [0.5, 0.6) is 0 Å². The van der Waals surface area contributed by atoms with Crippen molar-refractivity contribution in [3.63, 3.8) is 0 Å². The summed E-state index contributed by atoms with van der Waals surface area (Å²) in [6, 6.07) is 0.640. The minimum absolute atomic E-state index is 0.408. The predicted molar refractivity (Wildman–Crippen MR) is 75.9 cm³/mol. The zero-order chi connectivity index (χ0) is 13.2. The Labute approximate surface area is 112 Å². The zero-order valence-corrected chi connectivity index (χ0v) is 12.5. The molecule has 1 aliphatic carbocycles. The van der Waals surface area contributed by atoms with Crippen LogP contribution in [0.2, 0.25) is 0 Å². The lowest BCUT2D eigenvalue weighted by Gasteiger charge is -2.40. The summed E-state index contributed by atoms with van der Waals surface area (Å²) in [5.41, 5.74) is 0.408. The summed E-state index contributed by atoms with van der Waals surface area (Å²) in [5, 5.41) is 3.82. The van der Waals surface area contributed by atoms with Crippen LogP contribution in [-0.4, -0.2) is 49.3 Å². The second-order valence-electron chi connectivity index (χ2n) is 6.63. The molecule has 2 aliphatic rings. The van der Waals surface area contributed by atoms with E-state index in [9.17, 15) is 0 Å². The van der Waals surface area contributed by atoms with E-state index in [1.165, 1.54) is 25.7 Å². The van der Waals surface area contributed by atoms with Gasteiger partial charge in [-0.15, -0.1) is 0 Å². The molecular formula is C15H30N2O. The van der Waals surface area contributed by atoms with Gasteiger partial charge in [-0.3, -0.25) is 0 Å². The van der Waals surface area contributed by atoms with E-state index in [4.69, 9.17) is 4.74 Å². The molecule has 106 valence electrons. The molecule has 2 rings (SSSR count). The molecule has 3 nitrogen and oxygen atoms in total. The van der Waals surface area contributed by atoms with Crippen molar-refractivity contribution in [1.82, 2.24) is 10.2 Å². The Kier molecular flexibility index (Phi) is 4.68. The molecule has 0 aromatic carbocycles. The summed E-state index contributed by atoms with van der Waals surface area (Å²) in [6.45, 7) is 5.54. The Morgan fingerprint density at radius 2 is 1.67 bits per heavy atom. The fourth-order valence-corrected chi connectivity index (χ4v) is 3.72. The molecule has 1 aliphatic heterocycles. The highest BCUT2D eigenvalue weighted by Gasteiger charge is 2.36. The van der Waals surface area contributed by atoms with E-state index in [0.717, 1.165) is 19.4 Å². The number of nitrogens with zero attached hydrogens (tertiary/aromatic N) is 1. The van der Waals surface area contributed by atoms with Crippen LogP contribution in [0.1, 0.15) is 52.4 Å². The maximum absolute atomic E-state index is 5.81. The van der Waals surface area contributed by atoms with E-state index in [2.05, 4.69) is 38.2 Å². The summed E-state index contributed by atoms with van der Waals surface area (Å²) in [6.07, 6.45) is 8.61. The highest BCUT2D eigenvalue weighted by Crippen LogP contribution is 2.33. The van der Waals surface area contributed by atoms with Gasteiger partial charge in [0.25, 0.3) is 0 Å². The van der Waals surface area contributed by atoms with Crippen LogP contribution < -0.4 is 5.32 Å². The maximum Gasteiger partial charge on any atom is 0.0565 e. The Morgan fingerprint density at radius 3 is 2.17 bits per heavy atom. The standard InChI is InChI=1S/C15H30N2O/c1-12-9-14(10-13(2)18-12)16-11-15(17(3)4)7-5-6-8-15/h12-14,16H,5-11H2,1-4H3. The van der Waals surface area contributed by atoms with Crippen LogP contribution in [0.15, 0.2) is 0 Å². The topological polar surface area (TPSA) is 24.5 Å². The molecule has 2 unspecified atom stereocenters. The van der Waals surface area contributed by atoms with E-state index >= 15 is 0 Å². The molecule has 2 fully saturated rings. The van der Waals surface area contributed by atoms with Crippen molar-refractivity contribution in [2.75, 3.05) is 20.6 Å². The van der Waals surface area contributed by atoms with Crippen molar-refractivity contribution in [2.45, 2.75) is 76.2 Å². The van der Waals surface area contributed by atoms with Gasteiger partial charge in [0, 0.05) is 18.1 Å². The van der Waals surface area contributed by atoms with Crippen molar-refractivity contribution >= 4 is 0 Å². The predicted octanol–water partition coefficient (Wildman–Crippen LogP) is 2.41. The van der Waals surface area contributed by atoms with Gasteiger partial charge in [-0.1, -0.05) is 12.8 Å². The number of likely N-dealkylation sites (N-methyl/N-ethyl adjacent to an activating group) is 1. The first-order chi connectivity index (χ1) is 8.52. The van der Waals surface area contributed by atoms with Gasteiger partial charge < -0.3 is 15.0 Å².